The molecule has 8 atom stereocenters. The molecule has 0 amide bonds. The molecule has 1 aromatic rings. The number of allylic oxidation sites excluding steroid dienone is 1. The van der Waals surface area contributed by atoms with Crippen LogP contribution in [0.15, 0.2) is 34.3 Å². The number of carbonyl (C=O) groups is 3. The molecule has 0 bridgehead atoms. The lowest BCUT2D eigenvalue weighted by atomic mass is 9.39. The monoisotopic (exact) mass is 484 g/mol. The Hall–Kier alpha value is -2.65. The maximum absolute atomic E-state index is 14.3. The van der Waals surface area contributed by atoms with Gasteiger partial charge in [0.1, 0.15) is 18.3 Å². The van der Waals surface area contributed by atoms with Gasteiger partial charge in [0.05, 0.1) is 41.5 Å². The fourth-order valence-electron chi connectivity index (χ4n) is 8.96. The van der Waals surface area contributed by atoms with Crippen molar-refractivity contribution in [3.8, 4) is 0 Å². The first kappa shape index (κ1) is 21.6. The number of carbonyl (C=O) groups excluding carboxylic acids is 3. The van der Waals surface area contributed by atoms with Gasteiger partial charge in [-0.15, -0.1) is 0 Å². The van der Waals surface area contributed by atoms with Crippen molar-refractivity contribution < 1.29 is 42.9 Å². The van der Waals surface area contributed by atoms with Gasteiger partial charge in [-0.1, -0.05) is 6.92 Å². The molecule has 5 heterocycles. The normalized spacial score (nSPS) is 49.2. The molecule has 5 fully saturated rings. The van der Waals surface area contributed by atoms with Crippen LogP contribution in [-0.2, 0) is 33.3 Å². The number of ether oxygens (including phenoxy) is 4. The third-order valence-electron chi connectivity index (χ3n) is 10.2. The van der Waals surface area contributed by atoms with E-state index in [0.717, 1.165) is 0 Å². The van der Waals surface area contributed by atoms with Crippen LogP contribution < -0.4 is 0 Å². The van der Waals surface area contributed by atoms with E-state index in [0.29, 0.717) is 24.0 Å². The summed E-state index contributed by atoms with van der Waals surface area (Å²) < 4.78 is 29.4. The zero-order valence-corrected chi connectivity index (χ0v) is 20.1. The van der Waals surface area contributed by atoms with Crippen LogP contribution in [0.5, 0.6) is 0 Å². The number of hydrogen-bond acceptors (Lipinski definition) is 9. The molecule has 9 heteroatoms. The van der Waals surface area contributed by atoms with Crippen molar-refractivity contribution in [2.24, 2.45) is 22.2 Å². The zero-order valence-electron chi connectivity index (χ0n) is 20.1. The maximum Gasteiger partial charge on any atom is 0.339 e. The van der Waals surface area contributed by atoms with Gasteiger partial charge in [-0.2, -0.15) is 0 Å². The van der Waals surface area contributed by atoms with Gasteiger partial charge in [-0.05, 0) is 45.6 Å². The van der Waals surface area contributed by atoms with E-state index in [2.05, 4.69) is 0 Å². The highest BCUT2D eigenvalue weighted by Gasteiger charge is 2.90. The van der Waals surface area contributed by atoms with Gasteiger partial charge in [0, 0.05) is 16.6 Å². The van der Waals surface area contributed by atoms with E-state index in [9.17, 15) is 19.5 Å². The molecule has 9 nitrogen and oxygen atoms in total. The van der Waals surface area contributed by atoms with Crippen molar-refractivity contribution in [2.75, 3.05) is 6.61 Å². The van der Waals surface area contributed by atoms with Crippen LogP contribution in [0.1, 0.15) is 58.6 Å². The SMILES string of the molecule is CC1(C)O[C@H]2CC(=O)OC[C@@]23C1=C(O)C(=O)[C@]1(C)C3CC[C@@]2(C)[C@H](c3ccoc3)OC(=O)[C@H]3O[C@]321. The molecule has 4 aliphatic heterocycles. The van der Waals surface area contributed by atoms with Gasteiger partial charge in [0.2, 0.25) is 5.78 Å². The van der Waals surface area contributed by atoms with Crippen molar-refractivity contribution in [3.05, 3.63) is 35.5 Å². The number of epoxide rings is 1. The second-order valence-electron chi connectivity index (χ2n) is 11.9. The Morgan fingerprint density at radius 1 is 1.06 bits per heavy atom. The minimum absolute atomic E-state index is 0.0138. The largest absolute Gasteiger partial charge is 0.504 e. The first-order valence-corrected chi connectivity index (χ1v) is 12.2. The predicted octanol–water partition coefficient (Wildman–Crippen LogP) is 2.94. The van der Waals surface area contributed by atoms with Crippen LogP contribution in [0.25, 0.3) is 0 Å². The number of Topliss-reactive ketones (excluding diaryl/α,β-unsaturated/α-hetero) is 1. The quantitative estimate of drug-likeness (QED) is 0.473. The molecule has 1 unspecified atom stereocenters. The Morgan fingerprint density at radius 2 is 1.83 bits per heavy atom. The molecule has 4 saturated heterocycles. The van der Waals surface area contributed by atoms with Gasteiger partial charge in [0.15, 0.2) is 11.9 Å². The van der Waals surface area contributed by atoms with Crippen molar-refractivity contribution >= 4 is 17.7 Å². The van der Waals surface area contributed by atoms with E-state index in [1.807, 2.05) is 27.7 Å². The molecule has 0 radical (unpaired) electrons. The predicted molar refractivity (Wildman–Crippen MR) is 116 cm³/mol. The van der Waals surface area contributed by atoms with Crippen LogP contribution in [0.3, 0.4) is 0 Å². The molecule has 0 aromatic carbocycles. The lowest BCUT2D eigenvalue weighted by molar-refractivity contribution is -0.212. The zero-order chi connectivity index (χ0) is 24.8. The standard InChI is InChI=1S/C26H28O9/c1-22(2)17-16(28)18(29)24(4)13(25(17)11-32-15(27)9-14(25)34-22)5-7-23(3)19(12-6-8-31-10-12)33-21(30)20-26(23,24)35-20/h6,8,10,13-14,19-20,28H,5,7,9,11H2,1-4H3/t13?,14-,19-,20+,23-,24-,25-,26+/m0/s1. The second-order valence-corrected chi connectivity index (χ2v) is 11.9. The molecule has 7 rings (SSSR count). The van der Waals surface area contributed by atoms with Crippen molar-refractivity contribution in [3.63, 3.8) is 0 Å². The number of aliphatic hydroxyl groups is 1. The fourth-order valence-corrected chi connectivity index (χ4v) is 8.96. The minimum atomic E-state index is -1.27. The molecular weight excluding hydrogens is 456 g/mol. The summed E-state index contributed by atoms with van der Waals surface area (Å²) in [4.78, 5) is 39.7. The van der Waals surface area contributed by atoms with Crippen LogP contribution >= 0.6 is 0 Å². The third kappa shape index (κ3) is 2.07. The van der Waals surface area contributed by atoms with Crippen LogP contribution in [0.4, 0.5) is 0 Å². The van der Waals surface area contributed by atoms with Crippen molar-refractivity contribution in [1.29, 1.82) is 0 Å². The van der Waals surface area contributed by atoms with Crippen LogP contribution in [0, 0.1) is 22.2 Å². The van der Waals surface area contributed by atoms with Gasteiger partial charge < -0.3 is 28.5 Å². The van der Waals surface area contributed by atoms with Gasteiger partial charge >= 0.3 is 11.9 Å². The number of hydrogen-bond donors (Lipinski definition) is 1. The highest BCUT2D eigenvalue weighted by atomic mass is 16.7. The number of aliphatic hydroxyl groups excluding tert-OH is 1. The molecule has 35 heavy (non-hydrogen) atoms. The molecule has 1 aromatic heterocycles. The summed E-state index contributed by atoms with van der Waals surface area (Å²) >= 11 is 0. The Morgan fingerprint density at radius 3 is 2.54 bits per heavy atom. The molecule has 6 aliphatic rings. The van der Waals surface area contributed by atoms with E-state index in [4.69, 9.17) is 23.4 Å². The first-order valence-electron chi connectivity index (χ1n) is 12.2. The molecular formula is C26H28O9. The number of ketones is 1. The summed E-state index contributed by atoms with van der Waals surface area (Å²) in [6.07, 6.45) is 2.15. The average Bonchev–Trinajstić information content (AvgIpc) is 3.26. The van der Waals surface area contributed by atoms with E-state index in [-0.39, 0.29) is 30.7 Å². The topological polar surface area (TPSA) is 125 Å². The van der Waals surface area contributed by atoms with Gasteiger partial charge in [-0.3, -0.25) is 9.59 Å². The third-order valence-corrected chi connectivity index (χ3v) is 10.2. The Kier molecular flexibility index (Phi) is 3.71. The van der Waals surface area contributed by atoms with Crippen molar-refractivity contribution in [2.45, 2.75) is 76.5 Å². The Labute approximate surface area is 201 Å². The van der Waals surface area contributed by atoms with E-state index in [1.54, 1.807) is 12.3 Å². The number of fused-ring (bicyclic) bond motifs is 1. The summed E-state index contributed by atoms with van der Waals surface area (Å²) in [5.74, 6) is -2.07. The summed E-state index contributed by atoms with van der Waals surface area (Å²) in [7, 11) is 0. The molecule has 2 aliphatic carbocycles. The molecule has 1 saturated carbocycles. The Bertz CT molecular complexity index is 1230. The summed E-state index contributed by atoms with van der Waals surface area (Å²) in [5, 5.41) is 11.5. The van der Waals surface area contributed by atoms with Crippen LogP contribution in [-0.4, -0.2) is 52.8 Å². The molecule has 186 valence electrons. The fraction of sp³-hybridized carbons (Fsp3) is 0.654. The number of esters is 2. The summed E-state index contributed by atoms with van der Waals surface area (Å²) in [6, 6.07) is 1.76. The first-order chi connectivity index (χ1) is 16.4. The van der Waals surface area contributed by atoms with Gasteiger partial charge in [0.25, 0.3) is 0 Å². The van der Waals surface area contributed by atoms with Crippen LogP contribution in [0.2, 0.25) is 0 Å². The van der Waals surface area contributed by atoms with Crippen molar-refractivity contribution in [1.82, 2.24) is 0 Å². The number of cyclic esters (lactones) is 2. The van der Waals surface area contributed by atoms with E-state index >= 15 is 0 Å². The van der Waals surface area contributed by atoms with E-state index in [1.165, 1.54) is 6.26 Å². The Balaban J connectivity index is 1.47. The average molecular weight is 485 g/mol. The smallest absolute Gasteiger partial charge is 0.339 e. The highest BCUT2D eigenvalue weighted by Crippen LogP contribution is 2.79. The lowest BCUT2D eigenvalue weighted by Crippen LogP contribution is -2.71. The highest BCUT2D eigenvalue weighted by molar-refractivity contribution is 6.03. The van der Waals surface area contributed by atoms with Gasteiger partial charge in [-0.25, -0.2) is 4.79 Å². The molecule has 2 spiro atoms. The maximum atomic E-state index is 14.3. The second kappa shape index (κ2) is 6.00. The number of rotatable bonds is 1. The summed E-state index contributed by atoms with van der Waals surface area (Å²) in [6.45, 7) is 7.44. The lowest BCUT2D eigenvalue weighted by Gasteiger charge is -2.63. The molecule has 1 N–H and O–H groups in total. The minimum Gasteiger partial charge on any atom is -0.504 e. The number of furan rings is 1. The van der Waals surface area contributed by atoms with E-state index < -0.39 is 57.5 Å². The summed E-state index contributed by atoms with van der Waals surface area (Å²) in [5.41, 5.74) is -3.85.